The van der Waals surface area contributed by atoms with Gasteiger partial charge in [0.15, 0.2) is 0 Å². The summed E-state index contributed by atoms with van der Waals surface area (Å²) in [6, 6.07) is 0.503. The average Bonchev–Trinajstić information content (AvgIpc) is 2.64. The largest absolute Gasteiger partial charge is 0.323 e. The highest BCUT2D eigenvalue weighted by molar-refractivity contribution is 5.84. The van der Waals surface area contributed by atoms with E-state index in [1.54, 1.807) is 0 Å². The molecule has 2 fully saturated rings. The van der Waals surface area contributed by atoms with Gasteiger partial charge in [-0.3, -0.25) is 10.1 Å². The van der Waals surface area contributed by atoms with E-state index < -0.39 is 0 Å². The molecule has 0 spiro atoms. The Balaban J connectivity index is 2.13. The van der Waals surface area contributed by atoms with Gasteiger partial charge in [-0.05, 0) is 43.4 Å². The second kappa shape index (κ2) is 6.68. The Labute approximate surface area is 130 Å². The lowest BCUT2D eigenvalue weighted by Crippen LogP contribution is -2.48. The Bertz CT molecular complexity index is 364. The van der Waals surface area contributed by atoms with E-state index in [9.17, 15) is 4.79 Å². The van der Waals surface area contributed by atoms with Crippen molar-refractivity contribution >= 4 is 5.91 Å². The van der Waals surface area contributed by atoms with E-state index in [2.05, 4.69) is 44.8 Å². The molecule has 1 saturated heterocycles. The average molecular weight is 294 g/mol. The van der Waals surface area contributed by atoms with Crippen LogP contribution in [-0.2, 0) is 4.79 Å². The predicted octanol–water partition coefficient (Wildman–Crippen LogP) is 3.93. The van der Waals surface area contributed by atoms with Crippen molar-refractivity contribution < 1.29 is 4.79 Å². The molecular formula is C18H34N2O. The lowest BCUT2D eigenvalue weighted by Gasteiger charge is -2.42. The number of amides is 1. The number of hydrogen-bond acceptors (Lipinski definition) is 2. The van der Waals surface area contributed by atoms with Crippen LogP contribution in [0.1, 0.15) is 79.6 Å². The van der Waals surface area contributed by atoms with Crippen molar-refractivity contribution in [3.63, 3.8) is 0 Å². The summed E-state index contributed by atoms with van der Waals surface area (Å²) in [4.78, 5) is 15.1. The zero-order valence-corrected chi connectivity index (χ0v) is 14.6. The van der Waals surface area contributed by atoms with Crippen molar-refractivity contribution in [1.82, 2.24) is 10.2 Å². The highest BCUT2D eigenvalue weighted by Crippen LogP contribution is 2.39. The fourth-order valence-corrected chi connectivity index (χ4v) is 4.17. The quantitative estimate of drug-likeness (QED) is 0.833. The molecule has 0 aromatic rings. The molecule has 3 atom stereocenters. The molecule has 3 unspecified atom stereocenters. The van der Waals surface area contributed by atoms with Gasteiger partial charge in [-0.15, -0.1) is 0 Å². The van der Waals surface area contributed by atoms with E-state index in [0.29, 0.717) is 23.3 Å². The van der Waals surface area contributed by atoms with Crippen molar-refractivity contribution in [2.75, 3.05) is 0 Å². The van der Waals surface area contributed by atoms with Gasteiger partial charge in [0.1, 0.15) is 0 Å². The van der Waals surface area contributed by atoms with Crippen LogP contribution in [0, 0.1) is 11.3 Å². The molecule has 21 heavy (non-hydrogen) atoms. The summed E-state index contributed by atoms with van der Waals surface area (Å²) in [7, 11) is 0. The number of carbonyl (C=O) groups excluding carboxylic acids is 1. The number of rotatable bonds is 5. The molecule has 3 heteroatoms. The lowest BCUT2D eigenvalue weighted by atomic mass is 9.74. The van der Waals surface area contributed by atoms with Gasteiger partial charge in [0.2, 0.25) is 5.91 Å². The summed E-state index contributed by atoms with van der Waals surface area (Å²) in [5.74, 6) is 0.986. The molecule has 2 rings (SSSR count). The molecule has 3 nitrogen and oxygen atoms in total. The molecule has 0 radical (unpaired) electrons. The Morgan fingerprint density at radius 2 is 2.10 bits per heavy atom. The summed E-state index contributed by atoms with van der Waals surface area (Å²) < 4.78 is 0. The molecule has 1 N–H and O–H groups in total. The second-order valence-electron chi connectivity index (χ2n) is 8.31. The molecule has 1 aliphatic heterocycles. The fourth-order valence-electron chi connectivity index (χ4n) is 4.17. The number of carbonyl (C=O) groups is 1. The minimum absolute atomic E-state index is 0.0591. The maximum absolute atomic E-state index is 12.9. The van der Waals surface area contributed by atoms with Gasteiger partial charge in [0.05, 0.1) is 12.2 Å². The topological polar surface area (TPSA) is 32.3 Å². The first-order valence-electron chi connectivity index (χ1n) is 8.92. The first-order chi connectivity index (χ1) is 9.84. The van der Waals surface area contributed by atoms with Crippen molar-refractivity contribution in [3.05, 3.63) is 0 Å². The van der Waals surface area contributed by atoms with Crippen LogP contribution in [0.25, 0.3) is 0 Å². The van der Waals surface area contributed by atoms with Gasteiger partial charge in [0.25, 0.3) is 0 Å². The zero-order chi connectivity index (χ0) is 15.6. The van der Waals surface area contributed by atoms with Gasteiger partial charge >= 0.3 is 0 Å². The zero-order valence-electron chi connectivity index (χ0n) is 14.6. The molecular weight excluding hydrogens is 260 g/mol. The van der Waals surface area contributed by atoms with Crippen LogP contribution >= 0.6 is 0 Å². The second-order valence-corrected chi connectivity index (χ2v) is 8.31. The normalized spacial score (nSPS) is 33.0. The number of hydrogen-bond donors (Lipinski definition) is 1. The molecule has 1 saturated carbocycles. The maximum Gasteiger partial charge on any atom is 0.241 e. The molecule has 1 heterocycles. The first-order valence-corrected chi connectivity index (χ1v) is 8.92. The lowest BCUT2D eigenvalue weighted by molar-refractivity contribution is -0.134. The minimum Gasteiger partial charge on any atom is -0.323 e. The van der Waals surface area contributed by atoms with E-state index in [1.165, 1.54) is 19.3 Å². The van der Waals surface area contributed by atoms with E-state index in [-0.39, 0.29) is 12.2 Å². The molecule has 0 bridgehead atoms. The minimum atomic E-state index is 0.0591. The number of nitrogens with one attached hydrogen (secondary N) is 1. The molecule has 1 amide bonds. The van der Waals surface area contributed by atoms with Crippen molar-refractivity contribution in [2.24, 2.45) is 11.3 Å². The third-order valence-corrected chi connectivity index (χ3v) is 5.13. The van der Waals surface area contributed by atoms with Gasteiger partial charge in [-0.2, -0.15) is 0 Å². The van der Waals surface area contributed by atoms with Crippen molar-refractivity contribution in [3.8, 4) is 0 Å². The van der Waals surface area contributed by atoms with Gasteiger partial charge in [-0.1, -0.05) is 47.5 Å². The third kappa shape index (κ3) is 4.00. The highest BCUT2D eigenvalue weighted by atomic mass is 16.2. The maximum atomic E-state index is 12.9. The van der Waals surface area contributed by atoms with E-state index in [1.807, 2.05) is 0 Å². The van der Waals surface area contributed by atoms with Crippen molar-refractivity contribution in [1.29, 1.82) is 0 Å². The van der Waals surface area contributed by atoms with Crippen LogP contribution in [0.2, 0.25) is 0 Å². The summed E-state index contributed by atoms with van der Waals surface area (Å²) in [6.45, 7) is 11.4. The monoisotopic (exact) mass is 294 g/mol. The highest BCUT2D eigenvalue weighted by Gasteiger charge is 2.44. The Morgan fingerprint density at radius 1 is 1.38 bits per heavy atom. The molecule has 2 aliphatic rings. The van der Waals surface area contributed by atoms with Crippen LogP contribution < -0.4 is 5.32 Å². The summed E-state index contributed by atoms with van der Waals surface area (Å²) in [5.41, 5.74) is 0.383. The van der Waals surface area contributed by atoms with Crippen LogP contribution in [0.3, 0.4) is 0 Å². The summed E-state index contributed by atoms with van der Waals surface area (Å²) in [6.07, 6.45) is 8.27. The Hall–Kier alpha value is -0.570. The summed E-state index contributed by atoms with van der Waals surface area (Å²) >= 11 is 0. The Morgan fingerprint density at radius 3 is 2.67 bits per heavy atom. The van der Waals surface area contributed by atoms with Crippen LogP contribution in [0.5, 0.6) is 0 Å². The van der Waals surface area contributed by atoms with Crippen LogP contribution in [-0.4, -0.2) is 29.1 Å². The SMILES string of the molecule is CCCC1NC(CC(C)C)N(C2CCCC(C)(C)C2)C1=O. The number of nitrogens with zero attached hydrogens (tertiary/aromatic N) is 1. The molecule has 1 aliphatic carbocycles. The van der Waals surface area contributed by atoms with Crippen LogP contribution in [0.4, 0.5) is 0 Å². The first kappa shape index (κ1) is 16.8. The third-order valence-electron chi connectivity index (χ3n) is 5.13. The fraction of sp³-hybridized carbons (Fsp3) is 0.944. The standard InChI is InChI=1S/C18H34N2O/c1-6-8-15-17(21)20(16(19-15)11-13(2)3)14-9-7-10-18(4,5)12-14/h13-16,19H,6-12H2,1-5H3. The molecule has 0 aromatic heterocycles. The summed E-state index contributed by atoms with van der Waals surface area (Å²) in [5, 5.41) is 3.62. The van der Waals surface area contributed by atoms with Crippen molar-refractivity contribution in [2.45, 2.75) is 97.8 Å². The van der Waals surface area contributed by atoms with Crippen LogP contribution in [0.15, 0.2) is 0 Å². The smallest absolute Gasteiger partial charge is 0.241 e. The van der Waals surface area contributed by atoms with E-state index in [4.69, 9.17) is 0 Å². The van der Waals surface area contributed by atoms with Gasteiger partial charge in [-0.25, -0.2) is 0 Å². The van der Waals surface area contributed by atoms with Gasteiger partial charge < -0.3 is 4.90 Å². The van der Waals surface area contributed by atoms with Gasteiger partial charge in [0, 0.05) is 6.04 Å². The molecule has 122 valence electrons. The van der Waals surface area contributed by atoms with E-state index in [0.717, 1.165) is 25.7 Å². The Kier molecular flexibility index (Phi) is 5.34. The predicted molar refractivity (Wildman–Crippen MR) is 88.0 cm³/mol. The van der Waals surface area contributed by atoms with E-state index >= 15 is 0 Å². The molecule has 0 aromatic carbocycles.